The van der Waals surface area contributed by atoms with Crippen molar-refractivity contribution in [3.63, 3.8) is 0 Å². The molecule has 0 saturated heterocycles. The first kappa shape index (κ1) is 25.7. The minimum absolute atomic E-state index is 0.114. The molecule has 0 aliphatic heterocycles. The Morgan fingerprint density at radius 2 is 1.75 bits per heavy atom. The maximum Gasteiger partial charge on any atom is 0.242 e. The molecule has 2 aromatic rings. The minimum Gasteiger partial charge on any atom is -0.357 e. The standard InChI is InChI=1S/C23H30ClN3O4S/c1-18(23(29)25-2)26(16-14-19-9-5-4-6-10-19)22(28)13-8-15-27(32(3,30)31)21-12-7-11-20(24)17-21/h4-7,9-12,17-18H,8,13-16H2,1-3H3,(H,25,29). The van der Waals surface area contributed by atoms with E-state index in [4.69, 9.17) is 11.6 Å². The van der Waals surface area contributed by atoms with Crippen molar-refractivity contribution in [3.8, 4) is 0 Å². The Labute approximate surface area is 195 Å². The highest BCUT2D eigenvalue weighted by Crippen LogP contribution is 2.22. The fraction of sp³-hybridized carbons (Fsp3) is 0.391. The van der Waals surface area contributed by atoms with Crippen molar-refractivity contribution in [3.05, 3.63) is 65.2 Å². The number of carbonyl (C=O) groups is 2. The molecule has 7 nitrogen and oxygen atoms in total. The van der Waals surface area contributed by atoms with Gasteiger partial charge in [0.25, 0.3) is 0 Å². The van der Waals surface area contributed by atoms with E-state index < -0.39 is 16.1 Å². The Hall–Kier alpha value is -2.58. The van der Waals surface area contributed by atoms with Gasteiger partial charge in [-0.2, -0.15) is 0 Å². The fourth-order valence-corrected chi connectivity index (χ4v) is 4.56. The largest absolute Gasteiger partial charge is 0.357 e. The molecule has 0 heterocycles. The van der Waals surface area contributed by atoms with Gasteiger partial charge < -0.3 is 10.2 Å². The SMILES string of the molecule is CNC(=O)C(C)N(CCc1ccccc1)C(=O)CCCN(c1cccc(Cl)c1)S(C)(=O)=O. The predicted octanol–water partition coefficient (Wildman–Crippen LogP) is 3.09. The normalized spacial score (nSPS) is 12.1. The molecule has 1 N–H and O–H groups in total. The first-order chi connectivity index (χ1) is 15.1. The minimum atomic E-state index is -3.55. The zero-order chi connectivity index (χ0) is 23.7. The van der Waals surface area contributed by atoms with Crippen molar-refractivity contribution < 1.29 is 18.0 Å². The van der Waals surface area contributed by atoms with Gasteiger partial charge in [0, 0.05) is 31.6 Å². The van der Waals surface area contributed by atoms with Crippen LogP contribution in [0.4, 0.5) is 5.69 Å². The molecule has 0 aliphatic carbocycles. The average molecular weight is 480 g/mol. The van der Waals surface area contributed by atoms with Crippen LogP contribution in [0.1, 0.15) is 25.3 Å². The molecular weight excluding hydrogens is 450 g/mol. The average Bonchev–Trinajstić information content (AvgIpc) is 2.76. The second-order valence-corrected chi connectivity index (χ2v) is 9.87. The third kappa shape index (κ3) is 7.53. The van der Waals surface area contributed by atoms with E-state index in [1.54, 1.807) is 36.1 Å². The van der Waals surface area contributed by atoms with Gasteiger partial charge >= 0.3 is 0 Å². The van der Waals surface area contributed by atoms with Crippen molar-refractivity contribution in [2.75, 3.05) is 30.7 Å². The Balaban J connectivity index is 2.07. The molecule has 1 atom stereocenters. The van der Waals surface area contributed by atoms with E-state index in [9.17, 15) is 18.0 Å². The summed E-state index contributed by atoms with van der Waals surface area (Å²) in [6.45, 7) is 2.21. The summed E-state index contributed by atoms with van der Waals surface area (Å²) in [6.07, 6.45) is 2.16. The van der Waals surface area contributed by atoms with E-state index in [1.165, 1.54) is 11.4 Å². The number of nitrogens with zero attached hydrogens (tertiary/aromatic N) is 2. The van der Waals surface area contributed by atoms with Crippen LogP contribution in [-0.2, 0) is 26.0 Å². The number of halogens is 1. The molecule has 0 saturated carbocycles. The van der Waals surface area contributed by atoms with Gasteiger partial charge in [-0.3, -0.25) is 13.9 Å². The van der Waals surface area contributed by atoms with E-state index >= 15 is 0 Å². The van der Waals surface area contributed by atoms with Crippen LogP contribution in [0.15, 0.2) is 54.6 Å². The Bertz CT molecular complexity index is 1010. The first-order valence-electron chi connectivity index (χ1n) is 10.4. The number of sulfonamides is 1. The third-order valence-electron chi connectivity index (χ3n) is 5.15. The summed E-state index contributed by atoms with van der Waals surface area (Å²) in [5.41, 5.74) is 1.52. The van der Waals surface area contributed by atoms with Crippen LogP contribution < -0.4 is 9.62 Å². The van der Waals surface area contributed by atoms with Gasteiger partial charge in [0.1, 0.15) is 6.04 Å². The van der Waals surface area contributed by atoms with Gasteiger partial charge in [0.15, 0.2) is 0 Å². The molecule has 174 valence electrons. The molecule has 0 aliphatic rings. The van der Waals surface area contributed by atoms with E-state index in [-0.39, 0.29) is 24.8 Å². The Kier molecular flexibility index (Phi) is 9.53. The number of carbonyl (C=O) groups excluding carboxylic acids is 2. The monoisotopic (exact) mass is 479 g/mol. The van der Waals surface area contributed by atoms with Crippen LogP contribution in [0.5, 0.6) is 0 Å². The highest BCUT2D eigenvalue weighted by atomic mass is 35.5. The maximum absolute atomic E-state index is 13.0. The molecule has 32 heavy (non-hydrogen) atoms. The number of anilines is 1. The predicted molar refractivity (Wildman–Crippen MR) is 128 cm³/mol. The van der Waals surface area contributed by atoms with E-state index in [2.05, 4.69) is 5.32 Å². The highest BCUT2D eigenvalue weighted by Gasteiger charge is 2.25. The molecular formula is C23H30ClN3O4S. The molecule has 2 rings (SSSR count). The van der Waals surface area contributed by atoms with Crippen molar-refractivity contribution in [1.82, 2.24) is 10.2 Å². The number of likely N-dealkylation sites (N-methyl/N-ethyl adjacent to an activating group) is 1. The zero-order valence-electron chi connectivity index (χ0n) is 18.6. The molecule has 0 bridgehead atoms. The van der Waals surface area contributed by atoms with Gasteiger partial charge in [0.05, 0.1) is 11.9 Å². The van der Waals surface area contributed by atoms with Gasteiger partial charge in [-0.25, -0.2) is 8.42 Å². The lowest BCUT2D eigenvalue weighted by Crippen LogP contribution is -2.48. The summed E-state index contributed by atoms with van der Waals surface area (Å²) in [7, 11) is -2.01. The first-order valence-corrected chi connectivity index (χ1v) is 12.6. The molecule has 0 fully saturated rings. The summed E-state index contributed by atoms with van der Waals surface area (Å²) in [6, 6.07) is 15.7. The number of hydrogen-bond acceptors (Lipinski definition) is 4. The molecule has 0 aromatic heterocycles. The van der Waals surface area contributed by atoms with Crippen LogP contribution in [-0.4, -0.2) is 57.6 Å². The quantitative estimate of drug-likeness (QED) is 0.536. The summed E-state index contributed by atoms with van der Waals surface area (Å²) < 4.78 is 25.8. The lowest BCUT2D eigenvalue weighted by molar-refractivity contribution is -0.139. The van der Waals surface area contributed by atoms with E-state index in [0.717, 1.165) is 11.8 Å². The molecule has 2 aromatic carbocycles. The fourth-order valence-electron chi connectivity index (χ4n) is 3.41. The van der Waals surface area contributed by atoms with Crippen molar-refractivity contribution in [2.24, 2.45) is 0 Å². The third-order valence-corrected chi connectivity index (χ3v) is 6.58. The maximum atomic E-state index is 13.0. The molecule has 0 radical (unpaired) electrons. The van der Waals surface area contributed by atoms with Crippen LogP contribution in [0.2, 0.25) is 5.02 Å². The zero-order valence-corrected chi connectivity index (χ0v) is 20.2. The smallest absolute Gasteiger partial charge is 0.242 e. The lowest BCUT2D eigenvalue weighted by Gasteiger charge is -2.29. The van der Waals surface area contributed by atoms with Crippen LogP contribution in [0.3, 0.4) is 0 Å². The summed E-state index contributed by atoms with van der Waals surface area (Å²) >= 11 is 6.01. The van der Waals surface area contributed by atoms with Crippen molar-refractivity contribution >= 4 is 39.1 Å². The number of nitrogens with one attached hydrogen (secondary N) is 1. The highest BCUT2D eigenvalue weighted by molar-refractivity contribution is 7.92. The number of rotatable bonds is 11. The molecule has 1 unspecified atom stereocenters. The van der Waals surface area contributed by atoms with E-state index in [1.807, 2.05) is 30.3 Å². The second kappa shape index (κ2) is 11.9. The van der Waals surface area contributed by atoms with Gasteiger partial charge in [-0.05, 0) is 43.5 Å². The summed E-state index contributed by atoms with van der Waals surface area (Å²) in [5, 5.41) is 3.02. The molecule has 9 heteroatoms. The van der Waals surface area contributed by atoms with Gasteiger partial charge in [-0.15, -0.1) is 0 Å². The van der Waals surface area contributed by atoms with Crippen molar-refractivity contribution in [2.45, 2.75) is 32.2 Å². The Morgan fingerprint density at radius 1 is 1.06 bits per heavy atom. The lowest BCUT2D eigenvalue weighted by atomic mass is 10.1. The van der Waals surface area contributed by atoms with Crippen LogP contribution >= 0.6 is 11.6 Å². The topological polar surface area (TPSA) is 86.8 Å². The van der Waals surface area contributed by atoms with Crippen molar-refractivity contribution in [1.29, 1.82) is 0 Å². The number of amides is 2. The number of benzene rings is 2. The molecule has 2 amide bonds. The second-order valence-electron chi connectivity index (χ2n) is 7.53. The Morgan fingerprint density at radius 3 is 2.34 bits per heavy atom. The molecule has 0 spiro atoms. The van der Waals surface area contributed by atoms with Crippen LogP contribution in [0, 0.1) is 0 Å². The number of hydrogen-bond donors (Lipinski definition) is 1. The van der Waals surface area contributed by atoms with E-state index in [0.29, 0.717) is 30.1 Å². The van der Waals surface area contributed by atoms with Gasteiger partial charge in [-0.1, -0.05) is 48.0 Å². The van der Waals surface area contributed by atoms with Crippen LogP contribution in [0.25, 0.3) is 0 Å². The van der Waals surface area contributed by atoms with Gasteiger partial charge in [0.2, 0.25) is 21.8 Å². The summed E-state index contributed by atoms with van der Waals surface area (Å²) in [5.74, 6) is -0.445. The summed E-state index contributed by atoms with van der Waals surface area (Å²) in [4.78, 5) is 26.8.